The van der Waals surface area contributed by atoms with Crippen molar-refractivity contribution in [2.45, 2.75) is 6.92 Å². The highest BCUT2D eigenvalue weighted by Gasteiger charge is 2.20. The van der Waals surface area contributed by atoms with E-state index < -0.39 is 7.29 Å². The number of aromatic nitrogens is 2. The van der Waals surface area contributed by atoms with Crippen molar-refractivity contribution in [2.24, 2.45) is 0 Å². The quantitative estimate of drug-likeness (QED) is 0.429. The SMILES string of the molecule is Cc1cc(NP(=O)(/C=C(\Cl)c2ccccc2)/C=C(/Cl)c2ccccc2)n[nH]1. The highest BCUT2D eigenvalue weighted by atomic mass is 35.5. The van der Waals surface area contributed by atoms with E-state index in [9.17, 15) is 4.57 Å². The Labute approximate surface area is 168 Å². The zero-order chi connectivity index (χ0) is 19.3. The molecular formula is C20H18Cl2N3OP. The highest BCUT2D eigenvalue weighted by Crippen LogP contribution is 2.53. The summed E-state index contributed by atoms with van der Waals surface area (Å²) in [7, 11) is -3.29. The van der Waals surface area contributed by atoms with E-state index in [1.807, 2.05) is 67.6 Å². The molecule has 0 saturated heterocycles. The smallest absolute Gasteiger partial charge is 0.217 e. The van der Waals surface area contributed by atoms with Crippen LogP contribution in [-0.2, 0) is 4.57 Å². The molecule has 1 unspecified atom stereocenters. The minimum Gasteiger partial charge on any atom is -0.313 e. The predicted octanol–water partition coefficient (Wildman–Crippen LogP) is 6.88. The van der Waals surface area contributed by atoms with Crippen molar-refractivity contribution in [1.29, 1.82) is 0 Å². The van der Waals surface area contributed by atoms with E-state index >= 15 is 0 Å². The Balaban J connectivity index is 2.02. The molecule has 0 amide bonds. The first kappa shape index (κ1) is 19.5. The molecule has 0 radical (unpaired) electrons. The molecule has 27 heavy (non-hydrogen) atoms. The molecule has 3 aromatic rings. The van der Waals surface area contributed by atoms with Gasteiger partial charge in [0, 0.05) is 23.4 Å². The molecule has 0 aliphatic heterocycles. The van der Waals surface area contributed by atoms with E-state index in [2.05, 4.69) is 15.3 Å². The van der Waals surface area contributed by atoms with Crippen LogP contribution < -0.4 is 5.09 Å². The first-order valence-electron chi connectivity index (χ1n) is 8.22. The van der Waals surface area contributed by atoms with Crippen LogP contribution in [0.15, 0.2) is 78.4 Å². The number of benzene rings is 2. The first-order chi connectivity index (χ1) is 13.0. The number of aryl methyl sites for hydroxylation is 1. The third kappa shape index (κ3) is 5.36. The second-order valence-corrected chi connectivity index (χ2v) is 8.92. The van der Waals surface area contributed by atoms with Gasteiger partial charge in [0.25, 0.3) is 0 Å². The fraction of sp³-hybridized carbons (Fsp3) is 0.0500. The van der Waals surface area contributed by atoms with Crippen LogP contribution in [-0.4, -0.2) is 10.2 Å². The van der Waals surface area contributed by atoms with Crippen molar-refractivity contribution in [3.8, 4) is 0 Å². The van der Waals surface area contributed by atoms with Crippen molar-refractivity contribution < 1.29 is 4.57 Å². The zero-order valence-corrected chi connectivity index (χ0v) is 17.0. The minimum atomic E-state index is -3.29. The van der Waals surface area contributed by atoms with E-state index in [-0.39, 0.29) is 0 Å². The van der Waals surface area contributed by atoms with E-state index in [4.69, 9.17) is 23.2 Å². The van der Waals surface area contributed by atoms with Crippen LogP contribution in [0.3, 0.4) is 0 Å². The summed E-state index contributed by atoms with van der Waals surface area (Å²) in [6.45, 7) is 1.86. The molecular weight excluding hydrogens is 400 g/mol. The van der Waals surface area contributed by atoms with Gasteiger partial charge in [-0.1, -0.05) is 83.9 Å². The Hall–Kier alpha value is -2.26. The molecule has 138 valence electrons. The predicted molar refractivity (Wildman–Crippen MR) is 115 cm³/mol. The molecule has 0 aliphatic carbocycles. The van der Waals surface area contributed by atoms with Crippen LogP contribution >= 0.6 is 30.5 Å². The van der Waals surface area contributed by atoms with E-state index in [0.717, 1.165) is 16.8 Å². The molecule has 3 rings (SSSR count). The molecule has 0 spiro atoms. The lowest BCUT2D eigenvalue weighted by Gasteiger charge is -2.14. The highest BCUT2D eigenvalue weighted by molar-refractivity contribution is 7.72. The number of rotatable bonds is 6. The second kappa shape index (κ2) is 8.62. The van der Waals surface area contributed by atoms with Gasteiger partial charge < -0.3 is 5.09 Å². The zero-order valence-electron chi connectivity index (χ0n) is 14.6. The van der Waals surface area contributed by atoms with Gasteiger partial charge in [0.2, 0.25) is 7.29 Å². The Bertz CT molecular complexity index is 954. The number of hydrogen-bond donors (Lipinski definition) is 2. The van der Waals surface area contributed by atoms with Gasteiger partial charge in [-0.3, -0.25) is 9.66 Å². The largest absolute Gasteiger partial charge is 0.313 e. The lowest BCUT2D eigenvalue weighted by molar-refractivity contribution is 0.589. The summed E-state index contributed by atoms with van der Waals surface area (Å²) in [5, 5.41) is 10.6. The van der Waals surface area contributed by atoms with Gasteiger partial charge in [-0.2, -0.15) is 5.10 Å². The summed E-state index contributed by atoms with van der Waals surface area (Å²) in [5.41, 5.74) is 2.38. The van der Waals surface area contributed by atoms with Crippen LogP contribution in [0.25, 0.3) is 10.1 Å². The van der Waals surface area contributed by atoms with Gasteiger partial charge >= 0.3 is 0 Å². The fourth-order valence-corrected chi connectivity index (χ4v) is 5.21. The molecule has 2 aromatic carbocycles. The summed E-state index contributed by atoms with van der Waals surface area (Å²) in [4.78, 5) is 0. The number of H-pyrrole nitrogens is 1. The van der Waals surface area contributed by atoms with Crippen LogP contribution in [0, 0.1) is 6.92 Å². The topological polar surface area (TPSA) is 57.8 Å². The number of halogens is 2. The molecule has 4 nitrogen and oxygen atoms in total. The molecule has 1 aromatic heterocycles. The Kier molecular flexibility index (Phi) is 6.22. The monoisotopic (exact) mass is 417 g/mol. The summed E-state index contributed by atoms with van der Waals surface area (Å²) >= 11 is 12.9. The average Bonchev–Trinajstić information content (AvgIpc) is 3.07. The number of nitrogens with one attached hydrogen (secondary N) is 2. The second-order valence-electron chi connectivity index (χ2n) is 5.94. The molecule has 0 fully saturated rings. The van der Waals surface area contributed by atoms with Crippen molar-refractivity contribution in [3.63, 3.8) is 0 Å². The molecule has 0 aliphatic rings. The normalized spacial score (nSPS) is 14.6. The number of nitrogens with zero attached hydrogens (tertiary/aromatic N) is 1. The Morgan fingerprint density at radius 2 is 1.44 bits per heavy atom. The molecule has 0 bridgehead atoms. The average molecular weight is 418 g/mol. The Morgan fingerprint density at radius 3 is 1.85 bits per heavy atom. The lowest BCUT2D eigenvalue weighted by atomic mass is 10.2. The van der Waals surface area contributed by atoms with Crippen molar-refractivity contribution in [3.05, 3.63) is 95.2 Å². The van der Waals surface area contributed by atoms with Crippen LogP contribution in [0.1, 0.15) is 16.8 Å². The summed E-state index contributed by atoms with van der Waals surface area (Å²) in [6, 6.07) is 20.4. The fourth-order valence-electron chi connectivity index (χ4n) is 2.44. The maximum absolute atomic E-state index is 13.7. The van der Waals surface area contributed by atoms with Crippen LogP contribution in [0.2, 0.25) is 0 Å². The van der Waals surface area contributed by atoms with Crippen molar-refractivity contribution in [2.75, 3.05) is 5.09 Å². The third-order valence-corrected chi connectivity index (χ3v) is 6.53. The molecule has 7 heteroatoms. The molecule has 2 N–H and O–H groups in total. The van der Waals surface area contributed by atoms with E-state index in [1.165, 1.54) is 11.6 Å². The number of anilines is 1. The number of aromatic amines is 1. The van der Waals surface area contributed by atoms with Crippen molar-refractivity contribution >= 4 is 46.4 Å². The first-order valence-corrected chi connectivity index (χ1v) is 10.8. The van der Waals surface area contributed by atoms with Crippen molar-refractivity contribution in [1.82, 2.24) is 10.2 Å². The lowest BCUT2D eigenvalue weighted by Crippen LogP contribution is -1.94. The van der Waals surface area contributed by atoms with Gasteiger partial charge in [-0.15, -0.1) is 0 Å². The van der Waals surface area contributed by atoms with Gasteiger partial charge in [0.1, 0.15) is 0 Å². The van der Waals surface area contributed by atoms with Gasteiger partial charge in [0.05, 0.1) is 10.1 Å². The Morgan fingerprint density at radius 1 is 0.963 bits per heavy atom. The van der Waals surface area contributed by atoms with Crippen LogP contribution in [0.4, 0.5) is 5.82 Å². The van der Waals surface area contributed by atoms with E-state index in [0.29, 0.717) is 15.9 Å². The summed E-state index contributed by atoms with van der Waals surface area (Å²) in [6.07, 6.45) is 0. The minimum absolute atomic E-state index is 0.368. The van der Waals surface area contributed by atoms with E-state index in [1.54, 1.807) is 6.07 Å². The van der Waals surface area contributed by atoms with Gasteiger partial charge in [0.15, 0.2) is 5.82 Å². The molecule has 1 atom stereocenters. The maximum Gasteiger partial charge on any atom is 0.217 e. The number of hydrogen-bond acceptors (Lipinski definition) is 2. The van der Waals surface area contributed by atoms with Gasteiger partial charge in [-0.05, 0) is 18.1 Å². The summed E-state index contributed by atoms with van der Waals surface area (Å²) in [5.74, 6) is 3.46. The third-order valence-electron chi connectivity index (χ3n) is 3.70. The summed E-state index contributed by atoms with van der Waals surface area (Å²) < 4.78 is 13.7. The van der Waals surface area contributed by atoms with Crippen LogP contribution in [0.5, 0.6) is 0 Å². The molecule has 1 heterocycles. The maximum atomic E-state index is 13.7. The van der Waals surface area contributed by atoms with Gasteiger partial charge in [-0.25, -0.2) is 0 Å². The molecule has 0 saturated carbocycles. The standard InChI is InChI=1S/C20H18Cl2N3OP/c1-15-12-20(24-23-15)25-27(26,13-18(21)16-8-4-2-5-9-16)14-19(22)17-10-6-3-7-11-17/h2-14H,1H3,(H2,23,24,25,26)/b18-13-,19-14+.